The Bertz CT molecular complexity index is 1160. The van der Waals surface area contributed by atoms with Crippen LogP contribution < -0.4 is 9.64 Å². The fourth-order valence-corrected chi connectivity index (χ4v) is 3.45. The maximum absolute atomic E-state index is 11.3. The van der Waals surface area contributed by atoms with E-state index in [2.05, 4.69) is 10.8 Å². The second kappa shape index (κ2) is 8.79. The summed E-state index contributed by atoms with van der Waals surface area (Å²) in [6.45, 7) is 0. The minimum atomic E-state index is -1.53. The number of hydrogen-bond donors (Lipinski definition) is 1. The zero-order valence-electron chi connectivity index (χ0n) is 17.3. The largest absolute Gasteiger partial charge is 0.457 e. The van der Waals surface area contributed by atoms with E-state index < -0.39 is 5.60 Å². The van der Waals surface area contributed by atoms with Crippen LogP contribution in [-0.2, 0) is 5.60 Å². The van der Waals surface area contributed by atoms with Gasteiger partial charge in [-0.15, -0.1) is 6.42 Å². The standard InChI is InChI=1S/C28H23NO2/c1-3-28(30,23-16-20-27(21-17-23)31-26-12-8-5-9-13-26)22-14-18-25(19-15-22)29(2)24-10-6-4-7-11-24/h1,4-21,30H,2H3. The van der Waals surface area contributed by atoms with E-state index in [9.17, 15) is 5.11 Å². The summed E-state index contributed by atoms with van der Waals surface area (Å²) in [5, 5.41) is 11.3. The summed E-state index contributed by atoms with van der Waals surface area (Å²) in [6, 6.07) is 34.5. The number of ether oxygens (including phenoxy) is 1. The predicted octanol–water partition coefficient (Wildman–Crippen LogP) is 6.12. The monoisotopic (exact) mass is 405 g/mol. The molecule has 0 radical (unpaired) electrons. The lowest BCUT2D eigenvalue weighted by atomic mass is 9.87. The summed E-state index contributed by atoms with van der Waals surface area (Å²) in [4.78, 5) is 2.08. The van der Waals surface area contributed by atoms with E-state index in [-0.39, 0.29) is 0 Å². The maximum Gasteiger partial charge on any atom is 0.176 e. The molecule has 1 unspecified atom stereocenters. The van der Waals surface area contributed by atoms with Crippen LogP contribution >= 0.6 is 0 Å². The molecule has 3 nitrogen and oxygen atoms in total. The number of para-hydroxylation sites is 2. The minimum absolute atomic E-state index is 0.611. The summed E-state index contributed by atoms with van der Waals surface area (Å²) >= 11 is 0. The van der Waals surface area contributed by atoms with Crippen molar-refractivity contribution in [2.24, 2.45) is 0 Å². The van der Waals surface area contributed by atoms with E-state index in [1.54, 1.807) is 12.1 Å². The zero-order chi connectivity index (χ0) is 21.7. The Labute approximate surface area is 183 Å². The van der Waals surface area contributed by atoms with Gasteiger partial charge in [-0.2, -0.15) is 0 Å². The average Bonchev–Trinajstić information content (AvgIpc) is 2.85. The van der Waals surface area contributed by atoms with Crippen molar-refractivity contribution in [1.82, 2.24) is 0 Å². The highest BCUT2D eigenvalue weighted by Crippen LogP contribution is 2.33. The van der Waals surface area contributed by atoms with Gasteiger partial charge in [-0.05, 0) is 48.5 Å². The average molecular weight is 405 g/mol. The highest BCUT2D eigenvalue weighted by molar-refractivity contribution is 5.63. The van der Waals surface area contributed by atoms with Gasteiger partial charge in [0.2, 0.25) is 0 Å². The summed E-state index contributed by atoms with van der Waals surface area (Å²) < 4.78 is 5.83. The van der Waals surface area contributed by atoms with Crippen LogP contribution in [0.4, 0.5) is 11.4 Å². The molecule has 0 fully saturated rings. The number of benzene rings is 4. The molecule has 0 bridgehead atoms. The lowest BCUT2D eigenvalue weighted by Gasteiger charge is -2.25. The van der Waals surface area contributed by atoms with Gasteiger partial charge in [0.25, 0.3) is 0 Å². The van der Waals surface area contributed by atoms with Crippen LogP contribution in [-0.4, -0.2) is 12.2 Å². The summed E-state index contributed by atoms with van der Waals surface area (Å²) in [5.41, 5.74) is 1.80. The third kappa shape index (κ3) is 4.30. The number of nitrogens with zero attached hydrogens (tertiary/aromatic N) is 1. The molecule has 152 valence electrons. The molecule has 1 atom stereocenters. The second-order valence-corrected chi connectivity index (χ2v) is 7.24. The van der Waals surface area contributed by atoms with Gasteiger partial charge in [-0.1, -0.05) is 66.6 Å². The topological polar surface area (TPSA) is 32.7 Å². The molecule has 0 aliphatic heterocycles. The van der Waals surface area contributed by atoms with Gasteiger partial charge in [0, 0.05) is 29.5 Å². The first-order valence-electron chi connectivity index (χ1n) is 10.0. The van der Waals surface area contributed by atoms with Crippen molar-refractivity contribution in [1.29, 1.82) is 0 Å². The Morgan fingerprint density at radius 2 is 1.13 bits per heavy atom. The molecule has 0 heterocycles. The van der Waals surface area contributed by atoms with E-state index in [0.29, 0.717) is 16.9 Å². The molecule has 0 aromatic heterocycles. The van der Waals surface area contributed by atoms with Crippen LogP contribution in [0.15, 0.2) is 109 Å². The number of hydrogen-bond acceptors (Lipinski definition) is 3. The van der Waals surface area contributed by atoms with Gasteiger partial charge in [-0.3, -0.25) is 0 Å². The molecule has 4 aromatic rings. The van der Waals surface area contributed by atoms with Gasteiger partial charge in [-0.25, -0.2) is 0 Å². The van der Waals surface area contributed by atoms with Gasteiger partial charge in [0.15, 0.2) is 5.60 Å². The molecule has 4 aromatic carbocycles. The van der Waals surface area contributed by atoms with Crippen molar-refractivity contribution in [2.75, 3.05) is 11.9 Å². The fourth-order valence-electron chi connectivity index (χ4n) is 3.45. The molecular formula is C28H23NO2. The highest BCUT2D eigenvalue weighted by Gasteiger charge is 2.29. The maximum atomic E-state index is 11.3. The van der Waals surface area contributed by atoms with E-state index in [0.717, 1.165) is 17.1 Å². The predicted molar refractivity (Wildman–Crippen MR) is 126 cm³/mol. The lowest BCUT2D eigenvalue weighted by Crippen LogP contribution is -2.25. The Morgan fingerprint density at radius 3 is 1.68 bits per heavy atom. The first kappa shape index (κ1) is 20.3. The van der Waals surface area contributed by atoms with Crippen molar-refractivity contribution in [3.63, 3.8) is 0 Å². The van der Waals surface area contributed by atoms with Gasteiger partial charge in [0.05, 0.1) is 0 Å². The minimum Gasteiger partial charge on any atom is -0.457 e. The normalized spacial score (nSPS) is 12.4. The Balaban J connectivity index is 1.56. The smallest absolute Gasteiger partial charge is 0.176 e. The Hall–Kier alpha value is -4.00. The van der Waals surface area contributed by atoms with Crippen LogP contribution in [0.1, 0.15) is 11.1 Å². The van der Waals surface area contributed by atoms with Crippen molar-refractivity contribution in [3.05, 3.63) is 120 Å². The van der Waals surface area contributed by atoms with Crippen molar-refractivity contribution >= 4 is 11.4 Å². The molecule has 0 aliphatic rings. The van der Waals surface area contributed by atoms with Crippen LogP contribution in [0, 0.1) is 12.3 Å². The molecular weight excluding hydrogens is 382 g/mol. The van der Waals surface area contributed by atoms with E-state index in [1.165, 1.54) is 0 Å². The summed E-state index contributed by atoms with van der Waals surface area (Å²) in [7, 11) is 2.00. The van der Waals surface area contributed by atoms with Gasteiger partial charge < -0.3 is 14.7 Å². The van der Waals surface area contributed by atoms with Gasteiger partial charge >= 0.3 is 0 Å². The first-order valence-corrected chi connectivity index (χ1v) is 10.0. The first-order chi connectivity index (χ1) is 15.1. The van der Waals surface area contributed by atoms with Crippen molar-refractivity contribution < 1.29 is 9.84 Å². The number of anilines is 2. The molecule has 0 spiro atoms. The molecule has 3 heteroatoms. The van der Waals surface area contributed by atoms with Gasteiger partial charge in [0.1, 0.15) is 11.5 Å². The number of aliphatic hydroxyl groups is 1. The molecule has 0 amide bonds. The van der Waals surface area contributed by atoms with Crippen molar-refractivity contribution in [3.8, 4) is 23.8 Å². The third-order valence-corrected chi connectivity index (χ3v) is 5.28. The molecule has 0 saturated heterocycles. The van der Waals surface area contributed by atoms with E-state index in [4.69, 9.17) is 11.2 Å². The van der Waals surface area contributed by atoms with Crippen LogP contribution in [0.5, 0.6) is 11.5 Å². The van der Waals surface area contributed by atoms with Crippen LogP contribution in [0.2, 0.25) is 0 Å². The van der Waals surface area contributed by atoms with Crippen molar-refractivity contribution in [2.45, 2.75) is 5.60 Å². The zero-order valence-corrected chi connectivity index (χ0v) is 17.3. The number of rotatable bonds is 6. The van der Waals surface area contributed by atoms with E-state index >= 15 is 0 Å². The molecule has 31 heavy (non-hydrogen) atoms. The van der Waals surface area contributed by atoms with Crippen LogP contribution in [0.25, 0.3) is 0 Å². The fraction of sp³-hybridized carbons (Fsp3) is 0.0714. The molecule has 1 N–H and O–H groups in total. The SMILES string of the molecule is C#CC(O)(c1ccc(Oc2ccccc2)cc1)c1ccc(N(C)c2ccccc2)cc1. The Kier molecular flexibility index (Phi) is 5.75. The van der Waals surface area contributed by atoms with Crippen LogP contribution in [0.3, 0.4) is 0 Å². The Morgan fingerprint density at radius 1 is 0.677 bits per heavy atom. The second-order valence-electron chi connectivity index (χ2n) is 7.24. The quantitative estimate of drug-likeness (QED) is 0.393. The summed E-state index contributed by atoms with van der Waals surface area (Å²) in [5.74, 6) is 3.99. The molecule has 0 aliphatic carbocycles. The number of terminal acetylenes is 1. The molecule has 4 rings (SSSR count). The lowest BCUT2D eigenvalue weighted by molar-refractivity contribution is 0.145. The molecule has 0 saturated carbocycles. The highest BCUT2D eigenvalue weighted by atomic mass is 16.5. The third-order valence-electron chi connectivity index (χ3n) is 5.28. The summed E-state index contributed by atoms with van der Waals surface area (Å²) in [6.07, 6.45) is 5.78. The van der Waals surface area contributed by atoms with E-state index in [1.807, 2.05) is 104 Å².